The third kappa shape index (κ3) is 3.51. The molecule has 0 bridgehead atoms. The molecule has 0 aromatic rings. The molecule has 0 spiro atoms. The van der Waals surface area contributed by atoms with Crippen LogP contribution in [0.5, 0.6) is 0 Å². The average Bonchev–Trinajstić information content (AvgIpc) is 2.12. The molecule has 0 saturated heterocycles. The van der Waals surface area contributed by atoms with E-state index in [0.717, 1.165) is 0 Å². The van der Waals surface area contributed by atoms with Crippen LogP contribution in [0.25, 0.3) is 0 Å². The van der Waals surface area contributed by atoms with Gasteiger partial charge in [0.25, 0.3) is 0 Å². The Labute approximate surface area is 77.9 Å². The maximum Gasteiger partial charge on any atom is 0.135 e. The molecular weight excluding hydrogens is 196 g/mol. The van der Waals surface area contributed by atoms with Crippen LogP contribution >= 0.6 is 0 Å². The molecule has 0 aromatic heterocycles. The fourth-order valence-corrected chi connectivity index (χ4v) is 1.10. The Morgan fingerprint density at radius 2 is 1.62 bits per heavy atom. The molecule has 0 aromatic carbocycles. The third-order valence-corrected chi connectivity index (χ3v) is 2.26. The normalized spacial score (nSPS) is 20.7. The monoisotopic (exact) mass is 210 g/mol. The van der Waals surface area contributed by atoms with Crippen LogP contribution in [0.2, 0.25) is 0 Å². The Morgan fingerprint density at radius 3 is 1.92 bits per heavy atom. The summed E-state index contributed by atoms with van der Waals surface area (Å²) in [4.78, 5) is 10.6. The van der Waals surface area contributed by atoms with Crippen molar-refractivity contribution >= 4 is 15.6 Å². The van der Waals surface area contributed by atoms with Crippen molar-refractivity contribution in [1.29, 1.82) is 0 Å². The van der Waals surface area contributed by atoms with Crippen LogP contribution in [0, 0.1) is 0 Å². The Bertz CT molecular complexity index is 175. The highest BCUT2D eigenvalue weighted by Crippen LogP contribution is 2.04. The van der Waals surface area contributed by atoms with Crippen molar-refractivity contribution in [2.75, 3.05) is 6.61 Å². The van der Waals surface area contributed by atoms with Crippen molar-refractivity contribution < 1.29 is 30.3 Å². The van der Waals surface area contributed by atoms with E-state index in [-0.39, 0.29) is 10.2 Å². The van der Waals surface area contributed by atoms with Crippen LogP contribution in [-0.4, -0.2) is 72.2 Å². The van der Waals surface area contributed by atoms with Crippen molar-refractivity contribution in [2.24, 2.45) is 0 Å². The number of aliphatic hydroxyl groups is 5. The van der Waals surface area contributed by atoms with Crippen molar-refractivity contribution in [3.8, 4) is 0 Å². The predicted octanol–water partition coefficient (Wildman–Crippen LogP) is -4.69. The van der Waals surface area contributed by atoms with Crippen LogP contribution in [0.4, 0.5) is 0 Å². The van der Waals surface area contributed by atoms with Gasteiger partial charge in [-0.2, -0.15) is 0 Å². The molecule has 0 rings (SSSR count). The quantitative estimate of drug-likeness (QED) is 0.291. The zero-order valence-corrected chi connectivity index (χ0v) is 9.16. The molecule has 0 saturated carbocycles. The molecule has 5 N–H and O–H groups in total. The molecule has 0 heterocycles. The van der Waals surface area contributed by atoms with E-state index in [2.05, 4.69) is 0 Å². The molecule has 0 unspecified atom stereocenters. The van der Waals surface area contributed by atoms with Gasteiger partial charge in [0.1, 0.15) is 29.8 Å². The first kappa shape index (κ1) is 12.7. The molecule has 7 heteroatoms. The van der Waals surface area contributed by atoms with Gasteiger partial charge in [-0.1, -0.05) is 0 Å². The molecular formula is C6H14O6Si. The Balaban J connectivity index is 4.24. The SMILES string of the molecule is O=C([SiH3])[C@H](O)[C@@H](O)[C@H](O)[C@H](O)CO. The first-order valence-electron chi connectivity index (χ1n) is 3.75. The average molecular weight is 210 g/mol. The Kier molecular flexibility index (Phi) is 5.29. The van der Waals surface area contributed by atoms with Crippen LogP contribution < -0.4 is 0 Å². The first-order valence-corrected chi connectivity index (χ1v) is 4.75. The lowest BCUT2D eigenvalue weighted by atomic mass is 10.0. The lowest BCUT2D eigenvalue weighted by Gasteiger charge is -2.24. The third-order valence-electron chi connectivity index (χ3n) is 1.67. The summed E-state index contributed by atoms with van der Waals surface area (Å²) in [5.41, 5.74) is 0. The lowest BCUT2D eigenvalue weighted by molar-refractivity contribution is -0.140. The van der Waals surface area contributed by atoms with Crippen molar-refractivity contribution in [2.45, 2.75) is 24.4 Å². The fraction of sp³-hybridized carbons (Fsp3) is 0.833. The highest BCUT2D eigenvalue weighted by Gasteiger charge is 2.31. The van der Waals surface area contributed by atoms with Crippen LogP contribution in [0.15, 0.2) is 0 Å². The van der Waals surface area contributed by atoms with Crippen molar-refractivity contribution in [3.63, 3.8) is 0 Å². The van der Waals surface area contributed by atoms with E-state index in [9.17, 15) is 4.79 Å². The van der Waals surface area contributed by atoms with E-state index in [4.69, 9.17) is 25.5 Å². The Hall–Kier alpha value is -0.313. The molecule has 0 amide bonds. The number of hydrogen-bond acceptors (Lipinski definition) is 6. The molecule has 13 heavy (non-hydrogen) atoms. The van der Waals surface area contributed by atoms with Crippen LogP contribution in [0.1, 0.15) is 0 Å². The highest BCUT2D eigenvalue weighted by atomic mass is 28.1. The molecule has 0 aliphatic carbocycles. The van der Waals surface area contributed by atoms with Gasteiger partial charge in [-0.15, -0.1) is 0 Å². The second-order valence-corrected chi connectivity index (χ2v) is 3.77. The molecule has 0 fully saturated rings. The zero-order chi connectivity index (χ0) is 10.6. The largest absolute Gasteiger partial charge is 0.394 e. The summed E-state index contributed by atoms with van der Waals surface area (Å²) < 4.78 is 0. The maximum absolute atomic E-state index is 10.6. The number of carbonyl (C=O) groups excluding carboxylic acids is 1. The standard InChI is InChI=1S/C6H14O6Si/c7-1-2(8)3(9)4(10)5(11)6(12)13/h2-5,7-11H,1H2,13H3/t2-,3-,4+,5-/m1/s1. The number of hydrogen-bond donors (Lipinski definition) is 5. The van der Waals surface area contributed by atoms with Gasteiger partial charge in [-0.25, -0.2) is 0 Å². The van der Waals surface area contributed by atoms with E-state index >= 15 is 0 Å². The Morgan fingerprint density at radius 1 is 1.15 bits per heavy atom. The van der Waals surface area contributed by atoms with E-state index in [1.165, 1.54) is 0 Å². The molecule has 4 atom stereocenters. The van der Waals surface area contributed by atoms with Gasteiger partial charge in [0.2, 0.25) is 0 Å². The van der Waals surface area contributed by atoms with E-state index in [1.807, 2.05) is 0 Å². The second kappa shape index (κ2) is 5.42. The minimum atomic E-state index is -1.76. The number of rotatable bonds is 5. The second-order valence-electron chi connectivity index (χ2n) is 2.79. The van der Waals surface area contributed by atoms with Gasteiger partial charge in [-0.3, -0.25) is 0 Å². The van der Waals surface area contributed by atoms with E-state index < -0.39 is 36.4 Å². The van der Waals surface area contributed by atoms with Crippen LogP contribution in [0.3, 0.4) is 0 Å². The summed E-state index contributed by atoms with van der Waals surface area (Å²) in [6.45, 7) is -0.750. The lowest BCUT2D eigenvalue weighted by Crippen LogP contribution is -2.48. The predicted molar refractivity (Wildman–Crippen MR) is 46.1 cm³/mol. The molecule has 6 nitrogen and oxygen atoms in total. The number of carbonyl (C=O) groups is 1. The maximum atomic E-state index is 10.6. The van der Waals surface area contributed by atoms with Gasteiger partial charge in [0.15, 0.2) is 0 Å². The van der Waals surface area contributed by atoms with Crippen LogP contribution in [-0.2, 0) is 4.79 Å². The smallest absolute Gasteiger partial charge is 0.135 e. The summed E-state index contributed by atoms with van der Waals surface area (Å²) in [6, 6.07) is 0. The minimum absolute atomic E-state index is 0.0397. The van der Waals surface area contributed by atoms with E-state index in [0.29, 0.717) is 0 Å². The minimum Gasteiger partial charge on any atom is -0.394 e. The topological polar surface area (TPSA) is 118 Å². The fourth-order valence-electron chi connectivity index (χ4n) is 0.763. The first-order chi connectivity index (χ1) is 5.91. The molecule has 78 valence electrons. The van der Waals surface area contributed by atoms with E-state index in [1.54, 1.807) is 0 Å². The van der Waals surface area contributed by atoms with Gasteiger partial charge in [0.05, 0.1) is 16.8 Å². The summed E-state index contributed by atoms with van der Waals surface area (Å²) in [5.74, 6) is 0. The molecule has 0 radical (unpaired) electrons. The molecule has 0 aliphatic rings. The van der Waals surface area contributed by atoms with Crippen molar-refractivity contribution in [3.05, 3.63) is 0 Å². The van der Waals surface area contributed by atoms with Gasteiger partial charge in [0, 0.05) is 0 Å². The summed E-state index contributed by atoms with van der Waals surface area (Å²) in [5, 5.41) is 43.8. The summed E-state index contributed by atoms with van der Waals surface area (Å²) in [7, 11) is 0.0397. The van der Waals surface area contributed by atoms with Gasteiger partial charge >= 0.3 is 0 Å². The number of aliphatic hydroxyl groups excluding tert-OH is 5. The highest BCUT2D eigenvalue weighted by molar-refractivity contribution is 6.58. The van der Waals surface area contributed by atoms with Gasteiger partial charge in [-0.05, 0) is 0 Å². The molecule has 0 aliphatic heterocycles. The summed E-state index contributed by atoms with van der Waals surface area (Å²) in [6.07, 6.45) is -6.74. The summed E-state index contributed by atoms with van der Waals surface area (Å²) >= 11 is 0. The van der Waals surface area contributed by atoms with Gasteiger partial charge < -0.3 is 30.3 Å². The van der Waals surface area contributed by atoms with Crippen molar-refractivity contribution in [1.82, 2.24) is 0 Å². The zero-order valence-electron chi connectivity index (χ0n) is 7.16.